The molecule has 3 heterocycles. The molecule has 138 valence electrons. The Balaban J connectivity index is 1.70. The highest BCUT2D eigenvalue weighted by Gasteiger charge is 2.30. The van der Waals surface area contributed by atoms with Crippen LogP contribution in [0, 0.1) is 12.3 Å². The van der Waals surface area contributed by atoms with Gasteiger partial charge >= 0.3 is 0 Å². The van der Waals surface area contributed by atoms with Crippen molar-refractivity contribution in [1.29, 1.82) is 0 Å². The highest BCUT2D eigenvalue weighted by molar-refractivity contribution is 5.81. The lowest BCUT2D eigenvalue weighted by Crippen LogP contribution is -2.51. The molecule has 7 heteroatoms. The maximum atomic E-state index is 12.4. The Bertz CT molecular complexity index is 763. The molecule has 1 saturated heterocycles. The van der Waals surface area contributed by atoms with Crippen LogP contribution in [-0.4, -0.2) is 51.9 Å². The molecule has 2 aromatic heterocycles. The second-order valence-electron chi connectivity index (χ2n) is 7.53. The van der Waals surface area contributed by atoms with E-state index in [4.69, 9.17) is 0 Å². The molecule has 0 unspecified atom stereocenters. The minimum Gasteiger partial charge on any atom is -0.353 e. The van der Waals surface area contributed by atoms with Crippen LogP contribution in [-0.2, 0) is 4.79 Å². The van der Waals surface area contributed by atoms with Gasteiger partial charge in [0, 0.05) is 43.9 Å². The van der Waals surface area contributed by atoms with Crippen LogP contribution >= 0.6 is 0 Å². The number of piperazine rings is 1. The van der Waals surface area contributed by atoms with Gasteiger partial charge in [-0.1, -0.05) is 26.8 Å². The molecule has 1 N–H and O–H groups in total. The van der Waals surface area contributed by atoms with Crippen LogP contribution in [0.25, 0.3) is 0 Å². The fourth-order valence-corrected chi connectivity index (χ4v) is 2.96. The molecule has 3 rings (SSSR count). The molecule has 1 fully saturated rings. The van der Waals surface area contributed by atoms with Gasteiger partial charge in [-0.25, -0.2) is 15.0 Å². The van der Waals surface area contributed by atoms with Crippen molar-refractivity contribution in [2.75, 3.05) is 36.4 Å². The van der Waals surface area contributed by atoms with Crippen molar-refractivity contribution in [3.05, 3.63) is 36.3 Å². The van der Waals surface area contributed by atoms with Gasteiger partial charge in [0.25, 0.3) is 0 Å². The number of hydrogen-bond acceptors (Lipinski definition) is 6. The molecular formula is C19H26N6O. The van der Waals surface area contributed by atoms with Crippen LogP contribution < -0.4 is 10.2 Å². The second-order valence-corrected chi connectivity index (χ2v) is 7.53. The van der Waals surface area contributed by atoms with E-state index in [0.29, 0.717) is 18.9 Å². The van der Waals surface area contributed by atoms with Crippen molar-refractivity contribution >= 4 is 23.4 Å². The van der Waals surface area contributed by atoms with Crippen LogP contribution in [0.4, 0.5) is 17.5 Å². The Morgan fingerprint density at radius 1 is 1.08 bits per heavy atom. The highest BCUT2D eigenvalue weighted by Crippen LogP contribution is 2.22. The van der Waals surface area contributed by atoms with Crippen molar-refractivity contribution in [1.82, 2.24) is 19.9 Å². The fourth-order valence-electron chi connectivity index (χ4n) is 2.96. The quantitative estimate of drug-likeness (QED) is 0.913. The summed E-state index contributed by atoms with van der Waals surface area (Å²) in [5.41, 5.74) is -0.340. The first-order valence-electron chi connectivity index (χ1n) is 8.91. The third-order valence-electron chi connectivity index (χ3n) is 4.28. The minimum absolute atomic E-state index is 0.202. The van der Waals surface area contributed by atoms with Gasteiger partial charge in [-0.3, -0.25) is 4.79 Å². The topological polar surface area (TPSA) is 74.2 Å². The molecule has 1 amide bonds. The molecule has 0 aromatic carbocycles. The number of pyridine rings is 1. The number of carbonyl (C=O) groups is 1. The van der Waals surface area contributed by atoms with E-state index in [-0.39, 0.29) is 11.3 Å². The number of hydrogen-bond donors (Lipinski definition) is 1. The first-order chi connectivity index (χ1) is 12.3. The van der Waals surface area contributed by atoms with E-state index in [1.54, 1.807) is 6.20 Å². The summed E-state index contributed by atoms with van der Waals surface area (Å²) in [5.74, 6) is 3.25. The monoisotopic (exact) mass is 354 g/mol. The average Bonchev–Trinajstić information content (AvgIpc) is 2.61. The summed E-state index contributed by atoms with van der Waals surface area (Å²) < 4.78 is 0. The third-order valence-corrected chi connectivity index (χ3v) is 4.28. The maximum absolute atomic E-state index is 12.4. The summed E-state index contributed by atoms with van der Waals surface area (Å²) in [5, 5.41) is 3.22. The molecule has 0 spiro atoms. The normalized spacial score (nSPS) is 15.1. The molecule has 1 aliphatic rings. The van der Waals surface area contributed by atoms with Crippen molar-refractivity contribution < 1.29 is 4.79 Å². The van der Waals surface area contributed by atoms with Crippen LogP contribution in [0.2, 0.25) is 0 Å². The Morgan fingerprint density at radius 2 is 1.81 bits per heavy atom. The van der Waals surface area contributed by atoms with Gasteiger partial charge in [0.1, 0.15) is 23.3 Å². The highest BCUT2D eigenvalue weighted by atomic mass is 16.2. The summed E-state index contributed by atoms with van der Waals surface area (Å²) in [6.45, 7) is 10.7. The largest absolute Gasteiger partial charge is 0.353 e. The van der Waals surface area contributed by atoms with Gasteiger partial charge in [-0.2, -0.15) is 0 Å². The lowest BCUT2D eigenvalue weighted by Gasteiger charge is -2.38. The minimum atomic E-state index is -0.340. The average molecular weight is 354 g/mol. The van der Waals surface area contributed by atoms with Crippen molar-refractivity contribution in [2.24, 2.45) is 5.41 Å². The van der Waals surface area contributed by atoms with Gasteiger partial charge in [-0.15, -0.1) is 0 Å². The molecule has 0 aliphatic carbocycles. The zero-order valence-electron chi connectivity index (χ0n) is 15.9. The summed E-state index contributed by atoms with van der Waals surface area (Å²) in [6, 6.07) is 7.63. The van der Waals surface area contributed by atoms with E-state index in [2.05, 4.69) is 25.2 Å². The number of rotatable bonds is 3. The number of carbonyl (C=O) groups excluding carboxylic acids is 1. The molecule has 0 bridgehead atoms. The SMILES string of the molecule is Cc1nc(Nc2ccccn2)cc(N2CCN(C(=O)C(C)(C)C)CC2)n1. The summed E-state index contributed by atoms with van der Waals surface area (Å²) in [7, 11) is 0. The third kappa shape index (κ3) is 4.28. The van der Waals surface area contributed by atoms with Crippen LogP contribution in [0.15, 0.2) is 30.5 Å². The van der Waals surface area contributed by atoms with E-state index < -0.39 is 0 Å². The predicted molar refractivity (Wildman–Crippen MR) is 103 cm³/mol. The number of nitrogens with one attached hydrogen (secondary N) is 1. The van der Waals surface area contributed by atoms with Gasteiger partial charge < -0.3 is 15.1 Å². The molecule has 0 radical (unpaired) electrons. The molecule has 0 atom stereocenters. The summed E-state index contributed by atoms with van der Waals surface area (Å²) in [4.78, 5) is 29.9. The number of amides is 1. The zero-order valence-corrected chi connectivity index (χ0v) is 15.9. The van der Waals surface area contributed by atoms with E-state index in [1.165, 1.54) is 0 Å². The number of nitrogens with zero attached hydrogens (tertiary/aromatic N) is 5. The predicted octanol–water partition coefficient (Wildman–Crippen LogP) is 2.62. The number of aryl methyl sites for hydroxylation is 1. The fraction of sp³-hybridized carbons (Fsp3) is 0.474. The van der Waals surface area contributed by atoms with Crippen LogP contribution in [0.5, 0.6) is 0 Å². The lowest BCUT2D eigenvalue weighted by atomic mass is 9.94. The van der Waals surface area contributed by atoms with E-state index >= 15 is 0 Å². The molecule has 0 saturated carbocycles. The van der Waals surface area contributed by atoms with Crippen LogP contribution in [0.1, 0.15) is 26.6 Å². The Kier molecular flexibility index (Phi) is 5.06. The Hall–Kier alpha value is -2.70. The van der Waals surface area contributed by atoms with Gasteiger partial charge in [-0.05, 0) is 19.1 Å². The van der Waals surface area contributed by atoms with Gasteiger partial charge in [0.15, 0.2) is 0 Å². The van der Waals surface area contributed by atoms with Crippen molar-refractivity contribution in [3.8, 4) is 0 Å². The number of aromatic nitrogens is 3. The summed E-state index contributed by atoms with van der Waals surface area (Å²) in [6.07, 6.45) is 1.74. The first-order valence-corrected chi connectivity index (χ1v) is 8.91. The van der Waals surface area contributed by atoms with Gasteiger partial charge in [0.05, 0.1) is 0 Å². The van der Waals surface area contributed by atoms with Crippen molar-refractivity contribution in [3.63, 3.8) is 0 Å². The van der Waals surface area contributed by atoms with E-state index in [9.17, 15) is 4.79 Å². The zero-order chi connectivity index (χ0) is 18.7. The van der Waals surface area contributed by atoms with Gasteiger partial charge in [0.2, 0.25) is 5.91 Å². The lowest BCUT2D eigenvalue weighted by molar-refractivity contribution is -0.139. The van der Waals surface area contributed by atoms with E-state index in [0.717, 1.165) is 30.5 Å². The molecule has 26 heavy (non-hydrogen) atoms. The standard InChI is InChI=1S/C19H26N6O/c1-14-21-16(23-15-7-5-6-8-20-15)13-17(22-14)24-9-11-25(12-10-24)18(26)19(2,3)4/h5-8,13H,9-12H2,1-4H3,(H,20,21,22,23). The second kappa shape index (κ2) is 7.27. The Morgan fingerprint density at radius 3 is 2.42 bits per heavy atom. The van der Waals surface area contributed by atoms with Crippen molar-refractivity contribution in [2.45, 2.75) is 27.7 Å². The maximum Gasteiger partial charge on any atom is 0.228 e. The molecule has 7 nitrogen and oxygen atoms in total. The first kappa shape index (κ1) is 18.1. The Labute approximate surface area is 154 Å². The summed E-state index contributed by atoms with van der Waals surface area (Å²) >= 11 is 0. The molecular weight excluding hydrogens is 328 g/mol. The smallest absolute Gasteiger partial charge is 0.228 e. The van der Waals surface area contributed by atoms with Crippen LogP contribution in [0.3, 0.4) is 0 Å². The molecule has 1 aliphatic heterocycles. The van der Waals surface area contributed by atoms with E-state index in [1.807, 2.05) is 56.9 Å². The number of anilines is 3. The molecule has 2 aromatic rings.